The maximum absolute atomic E-state index is 12.2. The second-order valence-electron chi connectivity index (χ2n) is 6.00. The van der Waals surface area contributed by atoms with Crippen LogP contribution in [0.25, 0.3) is 0 Å². The molecular formula is C15H19N7O2. The van der Waals surface area contributed by atoms with Crippen molar-refractivity contribution in [1.82, 2.24) is 30.3 Å². The molecule has 126 valence electrons. The monoisotopic (exact) mass is 329 g/mol. The lowest BCUT2D eigenvalue weighted by atomic mass is 10.3. The van der Waals surface area contributed by atoms with E-state index in [-0.39, 0.29) is 12.6 Å². The van der Waals surface area contributed by atoms with E-state index in [0.29, 0.717) is 49.8 Å². The predicted octanol–water partition coefficient (Wildman–Crippen LogP) is 0.769. The minimum Gasteiger partial charge on any atom is -0.339 e. The number of urea groups is 1. The number of aromatic nitrogens is 4. The van der Waals surface area contributed by atoms with Crippen LogP contribution in [0.5, 0.6) is 0 Å². The summed E-state index contributed by atoms with van der Waals surface area (Å²) in [6, 6.07) is 1.68. The summed E-state index contributed by atoms with van der Waals surface area (Å²) in [4.78, 5) is 28.9. The van der Waals surface area contributed by atoms with E-state index in [9.17, 15) is 4.79 Å². The number of hydrogen-bond donors (Lipinski definition) is 1. The number of anilines is 1. The van der Waals surface area contributed by atoms with Crippen molar-refractivity contribution in [2.45, 2.75) is 25.3 Å². The van der Waals surface area contributed by atoms with Gasteiger partial charge in [0.05, 0.1) is 6.54 Å². The van der Waals surface area contributed by atoms with Crippen molar-refractivity contribution < 1.29 is 9.32 Å². The molecule has 9 heteroatoms. The summed E-state index contributed by atoms with van der Waals surface area (Å²) < 4.78 is 5.18. The van der Waals surface area contributed by atoms with Gasteiger partial charge in [-0.1, -0.05) is 5.16 Å². The highest BCUT2D eigenvalue weighted by Gasteiger charge is 2.29. The lowest BCUT2D eigenvalue weighted by molar-refractivity contribution is 0.193. The van der Waals surface area contributed by atoms with Gasteiger partial charge in [-0.3, -0.25) is 0 Å². The van der Waals surface area contributed by atoms with Crippen molar-refractivity contribution in [1.29, 1.82) is 0 Å². The fraction of sp³-hybridized carbons (Fsp3) is 0.533. The van der Waals surface area contributed by atoms with Crippen LogP contribution in [-0.2, 0) is 6.54 Å². The molecule has 24 heavy (non-hydrogen) atoms. The Bertz CT molecular complexity index is 693. The Labute approximate surface area is 139 Å². The molecule has 3 heterocycles. The average molecular weight is 329 g/mol. The smallest absolute Gasteiger partial charge is 0.317 e. The second-order valence-corrected chi connectivity index (χ2v) is 6.00. The summed E-state index contributed by atoms with van der Waals surface area (Å²) in [6.07, 6.45) is 5.68. The molecule has 0 atom stereocenters. The molecule has 0 unspecified atom stereocenters. The summed E-state index contributed by atoms with van der Waals surface area (Å²) in [7, 11) is 0. The fourth-order valence-corrected chi connectivity index (χ4v) is 2.67. The molecule has 2 aromatic heterocycles. The van der Waals surface area contributed by atoms with E-state index in [1.165, 1.54) is 0 Å². The van der Waals surface area contributed by atoms with Gasteiger partial charge < -0.3 is 19.6 Å². The van der Waals surface area contributed by atoms with Gasteiger partial charge in [0, 0.05) is 44.5 Å². The van der Waals surface area contributed by atoms with Crippen LogP contribution in [0.3, 0.4) is 0 Å². The minimum atomic E-state index is -0.110. The van der Waals surface area contributed by atoms with Gasteiger partial charge in [-0.05, 0) is 18.9 Å². The van der Waals surface area contributed by atoms with Crippen LogP contribution >= 0.6 is 0 Å². The first-order valence-electron chi connectivity index (χ1n) is 8.17. The highest BCUT2D eigenvalue weighted by atomic mass is 16.5. The average Bonchev–Trinajstić information content (AvgIpc) is 3.39. The van der Waals surface area contributed by atoms with Gasteiger partial charge in [-0.25, -0.2) is 14.8 Å². The van der Waals surface area contributed by atoms with Crippen molar-refractivity contribution in [3.8, 4) is 0 Å². The molecule has 0 radical (unpaired) electrons. The normalized spacial score (nSPS) is 17.8. The molecular weight excluding hydrogens is 310 g/mol. The number of carbonyl (C=O) groups excluding carboxylic acids is 1. The molecule has 0 bridgehead atoms. The maximum atomic E-state index is 12.2. The zero-order valence-corrected chi connectivity index (χ0v) is 13.3. The van der Waals surface area contributed by atoms with Gasteiger partial charge >= 0.3 is 6.03 Å². The van der Waals surface area contributed by atoms with Gasteiger partial charge in [0.1, 0.15) is 0 Å². The molecule has 1 N–H and O–H groups in total. The number of nitrogens with one attached hydrogen (secondary N) is 1. The third kappa shape index (κ3) is 3.29. The predicted molar refractivity (Wildman–Crippen MR) is 84.3 cm³/mol. The number of piperazine rings is 1. The standard InChI is InChI=1S/C15H19N7O2/c23-15(18-10-12-19-13(24-20-12)11-2-3-11)22-8-6-21(7-9-22)14-16-4-1-5-17-14/h1,4-5,11H,2-3,6-10H2,(H,18,23). The van der Waals surface area contributed by atoms with E-state index in [1.807, 2.05) is 0 Å². The molecule has 2 aromatic rings. The summed E-state index contributed by atoms with van der Waals surface area (Å²) in [5, 5.41) is 6.75. The third-order valence-electron chi connectivity index (χ3n) is 4.21. The second kappa shape index (κ2) is 6.42. The van der Waals surface area contributed by atoms with E-state index < -0.39 is 0 Å². The zero-order valence-electron chi connectivity index (χ0n) is 13.3. The Morgan fingerprint density at radius 1 is 1.21 bits per heavy atom. The van der Waals surface area contributed by atoms with Crippen LogP contribution in [0.4, 0.5) is 10.7 Å². The van der Waals surface area contributed by atoms with Crippen LogP contribution in [0.1, 0.15) is 30.5 Å². The molecule has 2 amide bonds. The van der Waals surface area contributed by atoms with Crippen molar-refractivity contribution in [3.05, 3.63) is 30.2 Å². The molecule has 1 aliphatic carbocycles. The Balaban J connectivity index is 1.25. The highest BCUT2D eigenvalue weighted by molar-refractivity contribution is 5.74. The van der Waals surface area contributed by atoms with Crippen molar-refractivity contribution in [3.63, 3.8) is 0 Å². The molecule has 9 nitrogen and oxygen atoms in total. The largest absolute Gasteiger partial charge is 0.339 e. The third-order valence-corrected chi connectivity index (χ3v) is 4.21. The Hall–Kier alpha value is -2.71. The highest BCUT2D eigenvalue weighted by Crippen LogP contribution is 2.38. The first-order chi connectivity index (χ1) is 11.8. The molecule has 1 saturated carbocycles. The quantitative estimate of drug-likeness (QED) is 0.884. The molecule has 0 aromatic carbocycles. The van der Waals surface area contributed by atoms with Crippen LogP contribution in [0.2, 0.25) is 0 Å². The summed E-state index contributed by atoms with van der Waals surface area (Å²) in [5.41, 5.74) is 0. The Morgan fingerprint density at radius 3 is 2.67 bits per heavy atom. The first-order valence-corrected chi connectivity index (χ1v) is 8.17. The number of rotatable bonds is 4. The van der Waals surface area contributed by atoms with E-state index in [1.54, 1.807) is 23.4 Å². The van der Waals surface area contributed by atoms with E-state index in [0.717, 1.165) is 12.8 Å². The molecule has 1 aliphatic heterocycles. The van der Waals surface area contributed by atoms with Gasteiger partial charge in [0.2, 0.25) is 11.8 Å². The van der Waals surface area contributed by atoms with Crippen molar-refractivity contribution >= 4 is 12.0 Å². The molecule has 1 saturated heterocycles. The molecule has 2 aliphatic rings. The topological polar surface area (TPSA) is 100 Å². The van der Waals surface area contributed by atoms with Crippen LogP contribution < -0.4 is 10.2 Å². The number of hydrogen-bond acceptors (Lipinski definition) is 7. The van der Waals surface area contributed by atoms with Gasteiger partial charge in [0.25, 0.3) is 0 Å². The van der Waals surface area contributed by atoms with E-state index >= 15 is 0 Å². The number of nitrogens with zero attached hydrogens (tertiary/aromatic N) is 6. The zero-order chi connectivity index (χ0) is 16.4. The number of amides is 2. The SMILES string of the molecule is O=C(NCc1noc(C2CC2)n1)N1CCN(c2ncccn2)CC1. The summed E-state index contributed by atoms with van der Waals surface area (Å²) >= 11 is 0. The van der Waals surface area contributed by atoms with E-state index in [4.69, 9.17) is 4.52 Å². The Kier molecular flexibility index (Phi) is 3.97. The maximum Gasteiger partial charge on any atom is 0.317 e. The van der Waals surface area contributed by atoms with Gasteiger partial charge in [-0.15, -0.1) is 0 Å². The van der Waals surface area contributed by atoms with Crippen LogP contribution in [0.15, 0.2) is 23.0 Å². The summed E-state index contributed by atoms with van der Waals surface area (Å²) in [5.74, 6) is 2.35. The first kappa shape index (κ1) is 14.9. The fourth-order valence-electron chi connectivity index (χ4n) is 2.67. The molecule has 0 spiro atoms. The van der Waals surface area contributed by atoms with Gasteiger partial charge in [-0.2, -0.15) is 4.98 Å². The van der Waals surface area contributed by atoms with Crippen LogP contribution in [-0.4, -0.2) is 57.2 Å². The minimum absolute atomic E-state index is 0.110. The lowest BCUT2D eigenvalue weighted by Gasteiger charge is -2.34. The van der Waals surface area contributed by atoms with Crippen molar-refractivity contribution in [2.24, 2.45) is 0 Å². The summed E-state index contributed by atoms with van der Waals surface area (Å²) in [6.45, 7) is 2.97. The lowest BCUT2D eigenvalue weighted by Crippen LogP contribution is -2.52. The van der Waals surface area contributed by atoms with Crippen LogP contribution in [0, 0.1) is 0 Å². The Morgan fingerprint density at radius 2 is 1.96 bits per heavy atom. The van der Waals surface area contributed by atoms with Crippen molar-refractivity contribution in [2.75, 3.05) is 31.1 Å². The molecule has 2 fully saturated rings. The van der Waals surface area contributed by atoms with Gasteiger partial charge in [0.15, 0.2) is 5.82 Å². The van der Waals surface area contributed by atoms with E-state index in [2.05, 4.69) is 30.3 Å². The molecule has 4 rings (SSSR count). The number of carbonyl (C=O) groups is 1.